The average molecular weight is 299 g/mol. The molecule has 0 aliphatic carbocycles. The van der Waals surface area contributed by atoms with Gasteiger partial charge in [-0.1, -0.05) is 24.3 Å². The molecule has 2 N–H and O–H groups in total. The quantitative estimate of drug-likeness (QED) is 0.673. The van der Waals surface area contributed by atoms with E-state index in [9.17, 15) is 14.0 Å². The predicted molar refractivity (Wildman–Crippen MR) is 82.2 cm³/mol. The molecule has 2 aromatic rings. The Kier molecular flexibility index (Phi) is 4.98. The Balaban J connectivity index is 1.96. The van der Waals surface area contributed by atoms with Crippen LogP contribution in [-0.2, 0) is 4.79 Å². The van der Waals surface area contributed by atoms with Crippen LogP contribution in [0.1, 0.15) is 22.8 Å². The van der Waals surface area contributed by atoms with Crippen molar-refractivity contribution in [2.24, 2.45) is 5.10 Å². The number of carbonyl (C=O) groups is 2. The number of hydrazone groups is 1. The Hall–Kier alpha value is -3.02. The van der Waals surface area contributed by atoms with Crippen molar-refractivity contribution in [2.45, 2.75) is 6.92 Å². The number of nitrogens with zero attached hydrogens (tertiary/aromatic N) is 1. The largest absolute Gasteiger partial charge is 0.326 e. The number of carbonyl (C=O) groups excluding carboxylic acids is 2. The summed E-state index contributed by atoms with van der Waals surface area (Å²) in [5.74, 6) is -1.38. The van der Waals surface area contributed by atoms with Crippen molar-refractivity contribution in [3.8, 4) is 0 Å². The van der Waals surface area contributed by atoms with Gasteiger partial charge in [-0.3, -0.25) is 9.59 Å². The van der Waals surface area contributed by atoms with Crippen LogP contribution in [0.3, 0.4) is 0 Å². The molecule has 0 saturated carbocycles. The van der Waals surface area contributed by atoms with Crippen LogP contribution in [0.4, 0.5) is 10.1 Å². The van der Waals surface area contributed by atoms with Crippen LogP contribution >= 0.6 is 0 Å². The van der Waals surface area contributed by atoms with E-state index >= 15 is 0 Å². The van der Waals surface area contributed by atoms with Gasteiger partial charge in [0.1, 0.15) is 5.82 Å². The zero-order chi connectivity index (χ0) is 15.9. The van der Waals surface area contributed by atoms with Gasteiger partial charge in [-0.2, -0.15) is 5.10 Å². The van der Waals surface area contributed by atoms with Crippen LogP contribution in [-0.4, -0.2) is 18.0 Å². The molecule has 2 rings (SSSR count). The third kappa shape index (κ3) is 4.24. The first-order chi connectivity index (χ1) is 10.6. The molecule has 22 heavy (non-hydrogen) atoms. The average Bonchev–Trinajstić information content (AvgIpc) is 2.49. The van der Waals surface area contributed by atoms with Crippen molar-refractivity contribution in [3.63, 3.8) is 0 Å². The van der Waals surface area contributed by atoms with Gasteiger partial charge in [-0.25, -0.2) is 9.82 Å². The minimum absolute atomic E-state index is 0.0688. The van der Waals surface area contributed by atoms with E-state index in [1.54, 1.807) is 30.3 Å². The second-order valence-corrected chi connectivity index (χ2v) is 4.48. The van der Waals surface area contributed by atoms with E-state index < -0.39 is 11.7 Å². The van der Waals surface area contributed by atoms with Crippen LogP contribution < -0.4 is 10.7 Å². The van der Waals surface area contributed by atoms with Gasteiger partial charge in [-0.15, -0.1) is 0 Å². The summed E-state index contributed by atoms with van der Waals surface area (Å²) in [7, 11) is 0. The SMILES string of the molecule is CC(=O)Nc1ccc(/C=N\NC(=O)c2ccccc2F)cc1. The summed E-state index contributed by atoms with van der Waals surface area (Å²) in [5.41, 5.74) is 3.58. The summed E-state index contributed by atoms with van der Waals surface area (Å²) in [5, 5.41) is 6.41. The molecule has 0 spiro atoms. The Bertz CT molecular complexity index is 712. The molecule has 0 aromatic heterocycles. The van der Waals surface area contributed by atoms with E-state index in [2.05, 4.69) is 15.8 Å². The molecule has 0 unspecified atom stereocenters. The highest BCUT2D eigenvalue weighted by Gasteiger charge is 2.08. The molecule has 0 radical (unpaired) electrons. The maximum atomic E-state index is 13.4. The summed E-state index contributed by atoms with van der Waals surface area (Å²) in [4.78, 5) is 22.6. The van der Waals surface area contributed by atoms with Gasteiger partial charge < -0.3 is 5.32 Å². The molecule has 0 fully saturated rings. The standard InChI is InChI=1S/C16H14FN3O2/c1-11(21)19-13-8-6-12(7-9-13)10-18-20-16(22)14-4-2-3-5-15(14)17/h2-10H,1H3,(H,19,21)(H,20,22)/b18-10-. The summed E-state index contributed by atoms with van der Waals surface area (Å²) in [6.45, 7) is 1.42. The monoisotopic (exact) mass is 299 g/mol. The van der Waals surface area contributed by atoms with Gasteiger partial charge in [0.25, 0.3) is 5.91 Å². The van der Waals surface area contributed by atoms with Crippen LogP contribution in [0.2, 0.25) is 0 Å². The first-order valence-electron chi connectivity index (χ1n) is 6.52. The van der Waals surface area contributed by atoms with E-state index in [0.717, 1.165) is 5.56 Å². The second kappa shape index (κ2) is 7.12. The molecule has 0 atom stereocenters. The molecule has 112 valence electrons. The molecular weight excluding hydrogens is 285 g/mol. The molecule has 5 nitrogen and oxygen atoms in total. The molecule has 0 heterocycles. The number of hydrogen-bond acceptors (Lipinski definition) is 3. The number of anilines is 1. The molecule has 6 heteroatoms. The fourth-order valence-electron chi connectivity index (χ4n) is 1.73. The molecule has 2 aromatic carbocycles. The lowest BCUT2D eigenvalue weighted by molar-refractivity contribution is -0.114. The lowest BCUT2D eigenvalue weighted by Crippen LogP contribution is -2.18. The van der Waals surface area contributed by atoms with Crippen molar-refractivity contribution in [2.75, 3.05) is 5.32 Å². The van der Waals surface area contributed by atoms with Gasteiger partial charge in [-0.05, 0) is 29.8 Å². The first kappa shape index (κ1) is 15.4. The highest BCUT2D eigenvalue weighted by Crippen LogP contribution is 2.08. The zero-order valence-corrected chi connectivity index (χ0v) is 11.8. The zero-order valence-electron chi connectivity index (χ0n) is 11.8. The van der Waals surface area contributed by atoms with Crippen molar-refractivity contribution in [3.05, 3.63) is 65.5 Å². The van der Waals surface area contributed by atoms with Crippen molar-refractivity contribution < 1.29 is 14.0 Å². The summed E-state index contributed by atoms with van der Waals surface area (Å²) in [6.07, 6.45) is 1.43. The summed E-state index contributed by atoms with van der Waals surface area (Å²) >= 11 is 0. The Morgan fingerprint density at radius 1 is 1.09 bits per heavy atom. The number of hydrogen-bond donors (Lipinski definition) is 2. The van der Waals surface area contributed by atoms with Crippen LogP contribution in [0.25, 0.3) is 0 Å². The van der Waals surface area contributed by atoms with Crippen molar-refractivity contribution in [1.29, 1.82) is 0 Å². The number of nitrogens with one attached hydrogen (secondary N) is 2. The number of rotatable bonds is 4. The highest BCUT2D eigenvalue weighted by molar-refractivity contribution is 5.95. The van der Waals surface area contributed by atoms with E-state index in [0.29, 0.717) is 5.69 Å². The van der Waals surface area contributed by atoms with E-state index in [1.807, 2.05) is 0 Å². The topological polar surface area (TPSA) is 70.6 Å². The number of benzene rings is 2. The van der Waals surface area contributed by atoms with E-state index in [4.69, 9.17) is 0 Å². The molecule has 0 bridgehead atoms. The van der Waals surface area contributed by atoms with Gasteiger partial charge in [0.15, 0.2) is 0 Å². The van der Waals surface area contributed by atoms with Crippen molar-refractivity contribution in [1.82, 2.24) is 5.43 Å². The lowest BCUT2D eigenvalue weighted by Gasteiger charge is -2.02. The summed E-state index contributed by atoms with van der Waals surface area (Å²) < 4.78 is 13.4. The third-order valence-electron chi connectivity index (χ3n) is 2.73. The lowest BCUT2D eigenvalue weighted by atomic mass is 10.2. The molecule has 0 saturated heterocycles. The van der Waals surface area contributed by atoms with Crippen LogP contribution in [0.15, 0.2) is 53.6 Å². The van der Waals surface area contributed by atoms with E-state index in [1.165, 1.54) is 31.3 Å². The molecular formula is C16H14FN3O2. The summed E-state index contributed by atoms with van der Waals surface area (Å²) in [6, 6.07) is 12.5. The van der Waals surface area contributed by atoms with Gasteiger partial charge in [0.2, 0.25) is 5.91 Å². The predicted octanol–water partition coefficient (Wildman–Crippen LogP) is 2.55. The molecule has 2 amide bonds. The van der Waals surface area contributed by atoms with Crippen LogP contribution in [0, 0.1) is 5.82 Å². The maximum Gasteiger partial charge on any atom is 0.274 e. The Morgan fingerprint density at radius 2 is 1.77 bits per heavy atom. The minimum Gasteiger partial charge on any atom is -0.326 e. The molecule has 0 aliphatic heterocycles. The smallest absolute Gasteiger partial charge is 0.274 e. The van der Waals surface area contributed by atoms with E-state index in [-0.39, 0.29) is 11.5 Å². The fourth-order valence-corrected chi connectivity index (χ4v) is 1.73. The highest BCUT2D eigenvalue weighted by atomic mass is 19.1. The Morgan fingerprint density at radius 3 is 2.41 bits per heavy atom. The van der Waals surface area contributed by atoms with Gasteiger partial charge in [0.05, 0.1) is 11.8 Å². The van der Waals surface area contributed by atoms with Crippen LogP contribution in [0.5, 0.6) is 0 Å². The van der Waals surface area contributed by atoms with Gasteiger partial charge >= 0.3 is 0 Å². The number of halogens is 1. The first-order valence-corrected chi connectivity index (χ1v) is 6.52. The number of amides is 2. The maximum absolute atomic E-state index is 13.4. The molecule has 0 aliphatic rings. The third-order valence-corrected chi connectivity index (χ3v) is 2.73. The fraction of sp³-hybridized carbons (Fsp3) is 0.0625. The normalized spacial score (nSPS) is 10.5. The second-order valence-electron chi connectivity index (χ2n) is 4.48. The Labute approximate surface area is 126 Å². The minimum atomic E-state index is -0.621. The van der Waals surface area contributed by atoms with Crippen molar-refractivity contribution >= 4 is 23.7 Å². The van der Waals surface area contributed by atoms with Gasteiger partial charge in [0, 0.05) is 12.6 Å².